The van der Waals surface area contributed by atoms with Gasteiger partial charge < -0.3 is 10.6 Å². The Bertz CT molecular complexity index is 639. The molecule has 0 heterocycles. The molecule has 2 aromatic carbocycles. The molecule has 0 atom stereocenters. The van der Waals surface area contributed by atoms with Crippen molar-refractivity contribution in [3.63, 3.8) is 0 Å². The highest BCUT2D eigenvalue weighted by atomic mass is 32.1. The Morgan fingerprint density at radius 3 is 2.55 bits per heavy atom. The minimum Gasteiger partial charge on any atom is -0.360 e. The SMILES string of the molecule is CCC1CCC(NC(=S)Nc2cccc3ccccc23)CC1. The number of thiocarbonyl (C=S) groups is 1. The van der Waals surface area contributed by atoms with Crippen LogP contribution >= 0.6 is 12.2 Å². The van der Waals surface area contributed by atoms with Gasteiger partial charge in [0.25, 0.3) is 0 Å². The van der Waals surface area contributed by atoms with E-state index in [2.05, 4.69) is 60.0 Å². The van der Waals surface area contributed by atoms with Crippen molar-refractivity contribution in [3.05, 3.63) is 42.5 Å². The lowest BCUT2D eigenvalue weighted by atomic mass is 9.85. The smallest absolute Gasteiger partial charge is 0.171 e. The van der Waals surface area contributed by atoms with E-state index in [1.54, 1.807) is 0 Å². The summed E-state index contributed by atoms with van der Waals surface area (Å²) in [6, 6.07) is 15.2. The molecule has 0 saturated heterocycles. The molecule has 0 aliphatic heterocycles. The zero-order chi connectivity index (χ0) is 15.4. The quantitative estimate of drug-likeness (QED) is 0.771. The van der Waals surface area contributed by atoms with Crippen LogP contribution in [0.5, 0.6) is 0 Å². The molecular weight excluding hydrogens is 288 g/mol. The molecule has 0 aromatic heterocycles. The van der Waals surface area contributed by atoms with E-state index in [0.29, 0.717) is 6.04 Å². The van der Waals surface area contributed by atoms with Gasteiger partial charge in [-0.1, -0.05) is 49.7 Å². The molecule has 0 radical (unpaired) electrons. The van der Waals surface area contributed by atoms with Gasteiger partial charge in [-0.15, -0.1) is 0 Å². The lowest BCUT2D eigenvalue weighted by Gasteiger charge is -2.29. The van der Waals surface area contributed by atoms with E-state index in [4.69, 9.17) is 12.2 Å². The molecule has 0 spiro atoms. The van der Waals surface area contributed by atoms with Gasteiger partial charge in [0.1, 0.15) is 0 Å². The molecule has 3 heteroatoms. The number of anilines is 1. The Morgan fingerprint density at radius 1 is 1.05 bits per heavy atom. The Morgan fingerprint density at radius 2 is 1.77 bits per heavy atom. The molecule has 0 amide bonds. The third-order valence-electron chi connectivity index (χ3n) is 4.80. The maximum absolute atomic E-state index is 5.52. The van der Waals surface area contributed by atoms with E-state index in [-0.39, 0.29) is 0 Å². The third kappa shape index (κ3) is 3.58. The lowest BCUT2D eigenvalue weighted by molar-refractivity contribution is 0.306. The largest absolute Gasteiger partial charge is 0.360 e. The summed E-state index contributed by atoms with van der Waals surface area (Å²) in [7, 11) is 0. The van der Waals surface area contributed by atoms with E-state index >= 15 is 0 Å². The number of benzene rings is 2. The average Bonchev–Trinajstić information content (AvgIpc) is 2.56. The van der Waals surface area contributed by atoms with Crippen molar-refractivity contribution in [2.75, 3.05) is 5.32 Å². The van der Waals surface area contributed by atoms with Crippen LogP contribution in [0.15, 0.2) is 42.5 Å². The molecule has 2 aromatic rings. The van der Waals surface area contributed by atoms with Crippen LogP contribution in [0.1, 0.15) is 39.0 Å². The number of nitrogens with one attached hydrogen (secondary N) is 2. The molecule has 0 bridgehead atoms. The Kier molecular flexibility index (Phi) is 4.94. The summed E-state index contributed by atoms with van der Waals surface area (Å²) in [5, 5.41) is 10.1. The minimum absolute atomic E-state index is 0.526. The van der Waals surface area contributed by atoms with Gasteiger partial charge in [0, 0.05) is 17.1 Å². The summed E-state index contributed by atoms with van der Waals surface area (Å²) in [5.41, 5.74) is 1.08. The number of hydrogen-bond donors (Lipinski definition) is 2. The zero-order valence-electron chi connectivity index (χ0n) is 13.1. The number of rotatable bonds is 3. The van der Waals surface area contributed by atoms with Gasteiger partial charge in [-0.2, -0.15) is 0 Å². The number of fused-ring (bicyclic) bond motifs is 1. The standard InChI is InChI=1S/C19H24N2S/c1-2-14-10-12-16(13-11-14)20-19(22)21-18-9-5-7-15-6-3-4-8-17(15)18/h3-9,14,16H,2,10-13H2,1H3,(H2,20,21,22). The van der Waals surface area contributed by atoms with Crippen LogP contribution in [0, 0.1) is 5.92 Å². The first-order chi connectivity index (χ1) is 10.8. The molecule has 22 heavy (non-hydrogen) atoms. The fourth-order valence-corrected chi connectivity index (χ4v) is 3.67. The first-order valence-corrected chi connectivity index (χ1v) is 8.72. The maximum atomic E-state index is 5.52. The van der Waals surface area contributed by atoms with E-state index in [1.165, 1.54) is 42.9 Å². The van der Waals surface area contributed by atoms with Gasteiger partial charge in [-0.3, -0.25) is 0 Å². The Hall–Kier alpha value is -1.61. The average molecular weight is 312 g/mol. The normalized spacial score (nSPS) is 21.5. The second-order valence-corrected chi connectivity index (χ2v) is 6.66. The van der Waals surface area contributed by atoms with Gasteiger partial charge in [0.15, 0.2) is 5.11 Å². The van der Waals surface area contributed by atoms with E-state index in [1.807, 2.05) is 0 Å². The topological polar surface area (TPSA) is 24.1 Å². The molecule has 2 N–H and O–H groups in total. The second-order valence-electron chi connectivity index (χ2n) is 6.25. The first-order valence-electron chi connectivity index (χ1n) is 8.31. The molecule has 2 nitrogen and oxygen atoms in total. The zero-order valence-corrected chi connectivity index (χ0v) is 14.0. The van der Waals surface area contributed by atoms with Crippen molar-refractivity contribution in [2.24, 2.45) is 5.92 Å². The van der Waals surface area contributed by atoms with Crippen LogP contribution < -0.4 is 10.6 Å². The molecule has 3 rings (SSSR count). The number of hydrogen-bond acceptors (Lipinski definition) is 1. The summed E-state index contributed by atoms with van der Waals surface area (Å²) in [4.78, 5) is 0. The predicted octanol–water partition coefficient (Wildman–Crippen LogP) is 5.10. The highest BCUT2D eigenvalue weighted by Crippen LogP contribution is 2.27. The van der Waals surface area contributed by atoms with Crippen molar-refractivity contribution in [1.29, 1.82) is 0 Å². The van der Waals surface area contributed by atoms with Gasteiger partial charge in [-0.25, -0.2) is 0 Å². The highest BCUT2D eigenvalue weighted by molar-refractivity contribution is 7.80. The molecule has 1 saturated carbocycles. The van der Waals surface area contributed by atoms with Gasteiger partial charge >= 0.3 is 0 Å². The van der Waals surface area contributed by atoms with E-state index in [9.17, 15) is 0 Å². The molecular formula is C19H24N2S. The maximum Gasteiger partial charge on any atom is 0.171 e. The molecule has 1 aliphatic rings. The highest BCUT2D eigenvalue weighted by Gasteiger charge is 2.20. The third-order valence-corrected chi connectivity index (χ3v) is 5.02. The second kappa shape index (κ2) is 7.10. The van der Waals surface area contributed by atoms with Crippen LogP contribution in [0.3, 0.4) is 0 Å². The van der Waals surface area contributed by atoms with Crippen LogP contribution in [-0.2, 0) is 0 Å². The van der Waals surface area contributed by atoms with Crippen molar-refractivity contribution < 1.29 is 0 Å². The van der Waals surface area contributed by atoms with E-state index in [0.717, 1.165) is 16.7 Å². The summed E-state index contributed by atoms with van der Waals surface area (Å²) < 4.78 is 0. The summed E-state index contributed by atoms with van der Waals surface area (Å²) in [5.74, 6) is 0.914. The molecule has 1 fully saturated rings. The van der Waals surface area contributed by atoms with Crippen molar-refractivity contribution in [1.82, 2.24) is 5.32 Å². The minimum atomic E-state index is 0.526. The van der Waals surface area contributed by atoms with Crippen LogP contribution in [0.4, 0.5) is 5.69 Å². The monoisotopic (exact) mass is 312 g/mol. The lowest BCUT2D eigenvalue weighted by Crippen LogP contribution is -2.40. The van der Waals surface area contributed by atoms with Gasteiger partial charge in [0.2, 0.25) is 0 Å². The Balaban J connectivity index is 1.62. The van der Waals surface area contributed by atoms with Crippen LogP contribution in [0.2, 0.25) is 0 Å². The van der Waals surface area contributed by atoms with Crippen molar-refractivity contribution >= 4 is 33.8 Å². The Labute approximate surface area is 138 Å². The van der Waals surface area contributed by atoms with Gasteiger partial charge in [-0.05, 0) is 55.3 Å². The summed E-state index contributed by atoms with van der Waals surface area (Å²) in [6.45, 7) is 2.30. The van der Waals surface area contributed by atoms with E-state index < -0.39 is 0 Å². The first kappa shape index (κ1) is 15.3. The molecule has 0 unspecified atom stereocenters. The van der Waals surface area contributed by atoms with Gasteiger partial charge in [0.05, 0.1) is 0 Å². The van der Waals surface area contributed by atoms with Crippen LogP contribution in [0.25, 0.3) is 10.8 Å². The summed E-state index contributed by atoms with van der Waals surface area (Å²) >= 11 is 5.52. The summed E-state index contributed by atoms with van der Waals surface area (Å²) in [6.07, 6.45) is 6.42. The van der Waals surface area contributed by atoms with Crippen LogP contribution in [-0.4, -0.2) is 11.2 Å². The fourth-order valence-electron chi connectivity index (χ4n) is 3.39. The van der Waals surface area contributed by atoms with Crippen molar-refractivity contribution in [2.45, 2.75) is 45.1 Å². The molecule has 116 valence electrons. The van der Waals surface area contributed by atoms with Crippen molar-refractivity contribution in [3.8, 4) is 0 Å². The molecule has 1 aliphatic carbocycles. The fraction of sp³-hybridized carbons (Fsp3) is 0.421. The predicted molar refractivity (Wildman–Crippen MR) is 99.3 cm³/mol.